The smallest absolute Gasteiger partial charge is 0.238 e. The zero-order chi connectivity index (χ0) is 18.4. The lowest BCUT2D eigenvalue weighted by atomic mass is 10.0. The summed E-state index contributed by atoms with van der Waals surface area (Å²) in [5.74, 6) is 0.112. The molecule has 0 saturated carbocycles. The quantitative estimate of drug-likeness (QED) is 0.800. The van der Waals surface area contributed by atoms with E-state index in [4.69, 9.17) is 0 Å². The zero-order valence-corrected chi connectivity index (χ0v) is 16.0. The molecule has 1 aliphatic rings. The van der Waals surface area contributed by atoms with Crippen molar-refractivity contribution in [3.05, 3.63) is 65.2 Å². The SMILES string of the molecule is CCc1cccc(CC)c1NC(=O)CN1CCC[C@@H]1Cc1ccccc1. The molecule has 1 N–H and O–H groups in total. The predicted octanol–water partition coefficient (Wildman–Crippen LogP) is 4.46. The number of hydrogen-bond donors (Lipinski definition) is 1. The summed E-state index contributed by atoms with van der Waals surface area (Å²) in [5, 5.41) is 3.21. The van der Waals surface area contributed by atoms with Crippen LogP contribution in [0.15, 0.2) is 48.5 Å². The van der Waals surface area contributed by atoms with Crippen molar-refractivity contribution < 1.29 is 4.79 Å². The Balaban J connectivity index is 1.64. The molecule has 0 aliphatic carbocycles. The van der Waals surface area contributed by atoms with Crippen LogP contribution in [0.3, 0.4) is 0 Å². The molecule has 2 aromatic carbocycles. The van der Waals surface area contributed by atoms with E-state index in [1.165, 1.54) is 29.5 Å². The number of rotatable bonds is 7. The largest absolute Gasteiger partial charge is 0.324 e. The molecule has 1 heterocycles. The number of nitrogens with zero attached hydrogens (tertiary/aromatic N) is 1. The highest BCUT2D eigenvalue weighted by Crippen LogP contribution is 2.24. The average molecular weight is 351 g/mol. The molecule has 1 aliphatic heterocycles. The summed E-state index contributed by atoms with van der Waals surface area (Å²) in [5.41, 5.74) is 4.83. The van der Waals surface area contributed by atoms with Crippen molar-refractivity contribution in [3.8, 4) is 0 Å². The second-order valence-electron chi connectivity index (χ2n) is 7.16. The number of hydrogen-bond acceptors (Lipinski definition) is 2. The third-order valence-electron chi connectivity index (χ3n) is 5.42. The van der Waals surface area contributed by atoms with Crippen molar-refractivity contribution >= 4 is 11.6 Å². The minimum atomic E-state index is 0.112. The Hall–Kier alpha value is -2.13. The van der Waals surface area contributed by atoms with Gasteiger partial charge in [-0.2, -0.15) is 0 Å². The van der Waals surface area contributed by atoms with Gasteiger partial charge in [0.1, 0.15) is 0 Å². The molecule has 1 fully saturated rings. The molecule has 3 rings (SSSR count). The first kappa shape index (κ1) is 18.7. The number of amides is 1. The van der Waals surface area contributed by atoms with Crippen LogP contribution < -0.4 is 5.32 Å². The van der Waals surface area contributed by atoms with Crippen molar-refractivity contribution in [2.45, 2.75) is 52.0 Å². The first-order valence-corrected chi connectivity index (χ1v) is 9.89. The molecule has 0 aromatic heterocycles. The van der Waals surface area contributed by atoms with E-state index in [2.05, 4.69) is 72.6 Å². The van der Waals surface area contributed by atoms with Crippen molar-refractivity contribution in [2.24, 2.45) is 0 Å². The second-order valence-corrected chi connectivity index (χ2v) is 7.16. The van der Waals surface area contributed by atoms with E-state index in [1.807, 2.05) is 0 Å². The molecule has 0 bridgehead atoms. The number of benzene rings is 2. The van der Waals surface area contributed by atoms with E-state index in [0.717, 1.165) is 31.5 Å². The van der Waals surface area contributed by atoms with Crippen LogP contribution in [-0.4, -0.2) is 29.9 Å². The van der Waals surface area contributed by atoms with Crippen LogP contribution in [0.4, 0.5) is 5.69 Å². The molecule has 1 amide bonds. The van der Waals surface area contributed by atoms with Crippen LogP contribution in [0.5, 0.6) is 0 Å². The molecule has 0 unspecified atom stereocenters. The summed E-state index contributed by atoms with van der Waals surface area (Å²) in [6.07, 6.45) is 5.25. The topological polar surface area (TPSA) is 32.3 Å². The molecular formula is C23H30N2O. The van der Waals surface area contributed by atoms with Gasteiger partial charge >= 0.3 is 0 Å². The highest BCUT2D eigenvalue weighted by Gasteiger charge is 2.26. The number of nitrogens with one attached hydrogen (secondary N) is 1. The van der Waals surface area contributed by atoms with E-state index in [9.17, 15) is 4.79 Å². The fourth-order valence-corrected chi connectivity index (χ4v) is 3.99. The van der Waals surface area contributed by atoms with Gasteiger partial charge in [0, 0.05) is 11.7 Å². The maximum atomic E-state index is 12.7. The van der Waals surface area contributed by atoms with Crippen LogP contribution in [0.2, 0.25) is 0 Å². The standard InChI is InChI=1S/C23H30N2O/c1-3-19-12-8-13-20(4-2)23(19)24-22(26)17-25-15-9-14-21(25)16-18-10-6-5-7-11-18/h5-8,10-13,21H,3-4,9,14-17H2,1-2H3,(H,24,26)/t21-/m1/s1. The first-order chi connectivity index (χ1) is 12.7. The molecule has 1 saturated heterocycles. The van der Waals surface area contributed by atoms with Gasteiger partial charge < -0.3 is 5.32 Å². The summed E-state index contributed by atoms with van der Waals surface area (Å²) < 4.78 is 0. The number of carbonyl (C=O) groups excluding carboxylic acids is 1. The van der Waals surface area contributed by atoms with Gasteiger partial charge in [-0.3, -0.25) is 9.69 Å². The third-order valence-corrected chi connectivity index (χ3v) is 5.42. The number of carbonyl (C=O) groups is 1. The molecule has 0 radical (unpaired) electrons. The van der Waals surface area contributed by atoms with Gasteiger partial charge in [-0.05, 0) is 55.3 Å². The van der Waals surface area contributed by atoms with Gasteiger partial charge in [0.15, 0.2) is 0 Å². The normalized spacial score (nSPS) is 17.4. The van der Waals surface area contributed by atoms with Crippen LogP contribution in [0.1, 0.15) is 43.4 Å². The summed E-state index contributed by atoms with van der Waals surface area (Å²) in [4.78, 5) is 15.1. The van der Waals surface area contributed by atoms with Crippen molar-refractivity contribution in [1.82, 2.24) is 4.90 Å². The predicted molar refractivity (Wildman–Crippen MR) is 109 cm³/mol. The molecular weight excluding hydrogens is 320 g/mol. The number of aryl methyl sites for hydroxylation is 2. The minimum Gasteiger partial charge on any atom is -0.324 e. The fraction of sp³-hybridized carbons (Fsp3) is 0.435. The highest BCUT2D eigenvalue weighted by atomic mass is 16.2. The van der Waals surface area contributed by atoms with Crippen LogP contribution >= 0.6 is 0 Å². The average Bonchev–Trinajstić information content (AvgIpc) is 3.09. The van der Waals surface area contributed by atoms with Gasteiger partial charge in [-0.1, -0.05) is 62.4 Å². The number of likely N-dealkylation sites (tertiary alicyclic amines) is 1. The Morgan fingerprint density at radius 1 is 1.04 bits per heavy atom. The molecule has 2 aromatic rings. The van der Waals surface area contributed by atoms with Crippen LogP contribution in [-0.2, 0) is 24.1 Å². The summed E-state index contributed by atoms with van der Waals surface area (Å²) in [6, 6.07) is 17.4. The number of anilines is 1. The van der Waals surface area contributed by atoms with E-state index in [0.29, 0.717) is 12.6 Å². The van der Waals surface area contributed by atoms with Gasteiger partial charge in [0.2, 0.25) is 5.91 Å². The lowest BCUT2D eigenvalue weighted by Crippen LogP contribution is -2.38. The minimum absolute atomic E-state index is 0.112. The fourth-order valence-electron chi connectivity index (χ4n) is 3.99. The van der Waals surface area contributed by atoms with E-state index in [1.54, 1.807) is 0 Å². The van der Waals surface area contributed by atoms with Crippen LogP contribution in [0, 0.1) is 0 Å². The van der Waals surface area contributed by atoms with Gasteiger partial charge in [-0.25, -0.2) is 0 Å². The highest BCUT2D eigenvalue weighted by molar-refractivity contribution is 5.93. The maximum absolute atomic E-state index is 12.7. The van der Waals surface area contributed by atoms with E-state index < -0.39 is 0 Å². The zero-order valence-electron chi connectivity index (χ0n) is 16.0. The monoisotopic (exact) mass is 350 g/mol. The molecule has 3 heteroatoms. The molecule has 0 spiro atoms. The van der Waals surface area contributed by atoms with Crippen molar-refractivity contribution in [3.63, 3.8) is 0 Å². The van der Waals surface area contributed by atoms with Crippen LogP contribution in [0.25, 0.3) is 0 Å². The Kier molecular flexibility index (Phi) is 6.45. The van der Waals surface area contributed by atoms with E-state index >= 15 is 0 Å². The molecule has 1 atom stereocenters. The number of para-hydroxylation sites is 1. The van der Waals surface area contributed by atoms with Gasteiger partial charge in [-0.15, -0.1) is 0 Å². The van der Waals surface area contributed by atoms with Gasteiger partial charge in [0.25, 0.3) is 0 Å². The lowest BCUT2D eigenvalue weighted by Gasteiger charge is -2.24. The Morgan fingerprint density at radius 3 is 2.38 bits per heavy atom. The third kappa shape index (κ3) is 4.53. The first-order valence-electron chi connectivity index (χ1n) is 9.89. The molecule has 26 heavy (non-hydrogen) atoms. The molecule has 138 valence electrons. The summed E-state index contributed by atoms with van der Waals surface area (Å²) in [6.45, 7) is 5.78. The second kappa shape index (κ2) is 9.00. The Morgan fingerprint density at radius 2 is 1.73 bits per heavy atom. The lowest BCUT2D eigenvalue weighted by molar-refractivity contribution is -0.117. The summed E-state index contributed by atoms with van der Waals surface area (Å²) in [7, 11) is 0. The van der Waals surface area contributed by atoms with Crippen molar-refractivity contribution in [2.75, 3.05) is 18.4 Å². The Bertz CT molecular complexity index is 704. The molecule has 3 nitrogen and oxygen atoms in total. The maximum Gasteiger partial charge on any atom is 0.238 e. The summed E-state index contributed by atoms with van der Waals surface area (Å²) >= 11 is 0. The Labute approximate surface area is 157 Å². The van der Waals surface area contributed by atoms with E-state index in [-0.39, 0.29) is 5.91 Å². The van der Waals surface area contributed by atoms with Crippen molar-refractivity contribution in [1.29, 1.82) is 0 Å². The van der Waals surface area contributed by atoms with Gasteiger partial charge in [0.05, 0.1) is 6.54 Å².